The van der Waals surface area contributed by atoms with Crippen LogP contribution in [0.1, 0.15) is 24.0 Å². The molecule has 70 valence electrons. The van der Waals surface area contributed by atoms with Gasteiger partial charge in [-0.25, -0.2) is 0 Å². The van der Waals surface area contributed by atoms with Gasteiger partial charge in [0, 0.05) is 18.4 Å². The van der Waals surface area contributed by atoms with E-state index in [1.54, 1.807) is 0 Å². The molecule has 14 heavy (non-hydrogen) atoms. The van der Waals surface area contributed by atoms with Gasteiger partial charge in [-0.05, 0) is 18.6 Å². The van der Waals surface area contributed by atoms with Crippen molar-refractivity contribution in [1.82, 2.24) is 0 Å². The first-order chi connectivity index (χ1) is 6.73. The molecule has 0 N–H and O–H groups in total. The number of ether oxygens (including phenoxy) is 1. The molecule has 4 rings (SSSR count). The number of nitrogens with zero attached hydrogens (tertiary/aromatic N) is 1. The Bertz CT molecular complexity index is 438. The van der Waals surface area contributed by atoms with Gasteiger partial charge in [-0.1, -0.05) is 12.1 Å². The monoisotopic (exact) mass is 185 g/mol. The minimum Gasteiger partial charge on any atom is -0.490 e. The van der Waals surface area contributed by atoms with Crippen molar-refractivity contribution in [3.8, 4) is 11.8 Å². The first-order valence-corrected chi connectivity index (χ1v) is 4.93. The molecule has 1 aromatic carbocycles. The lowest BCUT2D eigenvalue weighted by Crippen LogP contribution is -2.50. The van der Waals surface area contributed by atoms with Crippen LogP contribution in [0.5, 0.6) is 5.75 Å². The summed E-state index contributed by atoms with van der Waals surface area (Å²) >= 11 is 0. The molecule has 0 spiro atoms. The summed E-state index contributed by atoms with van der Waals surface area (Å²) < 4.78 is 5.75. The fraction of sp³-hybridized carbons (Fsp3) is 0.417. The van der Waals surface area contributed by atoms with Crippen molar-refractivity contribution in [3.05, 3.63) is 29.3 Å². The highest BCUT2D eigenvalue weighted by molar-refractivity contribution is 5.51. The van der Waals surface area contributed by atoms with Crippen molar-refractivity contribution in [2.75, 3.05) is 0 Å². The van der Waals surface area contributed by atoms with Crippen molar-refractivity contribution >= 4 is 0 Å². The average molecular weight is 185 g/mol. The van der Waals surface area contributed by atoms with E-state index in [0.29, 0.717) is 0 Å². The molecule has 0 amide bonds. The van der Waals surface area contributed by atoms with E-state index in [1.807, 2.05) is 19.1 Å². The molecule has 0 unspecified atom stereocenters. The maximum atomic E-state index is 9.20. The van der Waals surface area contributed by atoms with Gasteiger partial charge in [0.05, 0.1) is 11.5 Å². The minimum absolute atomic E-state index is 0.230. The third-order valence-corrected chi connectivity index (χ3v) is 3.31. The van der Waals surface area contributed by atoms with Gasteiger partial charge in [0.1, 0.15) is 11.9 Å². The average Bonchev–Trinajstić information content (AvgIpc) is 2.14. The van der Waals surface area contributed by atoms with Gasteiger partial charge in [0.15, 0.2) is 0 Å². The number of benzene rings is 1. The van der Waals surface area contributed by atoms with Crippen LogP contribution >= 0.6 is 0 Å². The Balaban J connectivity index is 2.20. The summed E-state index contributed by atoms with van der Waals surface area (Å²) in [5.41, 5.74) is 2.05. The third kappa shape index (κ3) is 0.798. The summed E-state index contributed by atoms with van der Waals surface area (Å²) in [5.74, 6) is 0.925. The summed E-state index contributed by atoms with van der Waals surface area (Å²) in [6.45, 7) is 2.04. The lowest BCUT2D eigenvalue weighted by Gasteiger charge is -2.48. The topological polar surface area (TPSA) is 33.0 Å². The van der Waals surface area contributed by atoms with Gasteiger partial charge in [-0.2, -0.15) is 5.26 Å². The first kappa shape index (κ1) is 7.87. The maximum Gasteiger partial charge on any atom is 0.124 e. The molecule has 2 nitrogen and oxygen atoms in total. The Morgan fingerprint density at radius 3 is 3.00 bits per heavy atom. The fourth-order valence-electron chi connectivity index (χ4n) is 2.47. The van der Waals surface area contributed by atoms with Crippen LogP contribution in [0.15, 0.2) is 18.2 Å². The van der Waals surface area contributed by atoms with E-state index < -0.39 is 0 Å². The van der Waals surface area contributed by atoms with Crippen LogP contribution in [0.4, 0.5) is 0 Å². The Morgan fingerprint density at radius 1 is 1.50 bits per heavy atom. The van der Waals surface area contributed by atoms with E-state index in [1.165, 1.54) is 5.56 Å². The molecule has 0 atom stereocenters. The van der Waals surface area contributed by atoms with E-state index in [4.69, 9.17) is 4.74 Å². The number of aryl methyl sites for hydroxylation is 1. The Morgan fingerprint density at radius 2 is 2.29 bits per heavy atom. The third-order valence-electron chi connectivity index (χ3n) is 3.31. The molecule has 1 fully saturated rings. The van der Waals surface area contributed by atoms with Gasteiger partial charge in [0.2, 0.25) is 0 Å². The van der Waals surface area contributed by atoms with E-state index in [-0.39, 0.29) is 11.5 Å². The Labute approximate surface area is 83.1 Å². The molecular formula is C12H11NO. The molecule has 2 aliphatic heterocycles. The molecule has 0 aromatic heterocycles. The van der Waals surface area contributed by atoms with Gasteiger partial charge in [0.25, 0.3) is 0 Å². The lowest BCUT2D eigenvalue weighted by atomic mass is 9.61. The van der Waals surface area contributed by atoms with Crippen molar-refractivity contribution in [1.29, 1.82) is 5.26 Å². The summed E-state index contributed by atoms with van der Waals surface area (Å²) in [6, 6.07) is 8.58. The molecule has 1 aliphatic carbocycles. The van der Waals surface area contributed by atoms with Crippen LogP contribution in [-0.2, 0) is 5.41 Å². The Kier molecular flexibility index (Phi) is 1.29. The molecule has 2 heterocycles. The molecule has 3 aliphatic rings. The molecule has 1 saturated carbocycles. The zero-order valence-electron chi connectivity index (χ0n) is 8.08. The Hall–Kier alpha value is -1.49. The highest BCUT2D eigenvalue weighted by atomic mass is 16.5. The number of rotatable bonds is 0. The number of nitriles is 1. The van der Waals surface area contributed by atoms with Crippen LogP contribution in [0.25, 0.3) is 0 Å². The van der Waals surface area contributed by atoms with Crippen molar-refractivity contribution in [3.63, 3.8) is 0 Å². The van der Waals surface area contributed by atoms with Crippen LogP contribution in [0.2, 0.25) is 0 Å². The van der Waals surface area contributed by atoms with Crippen molar-refractivity contribution in [2.45, 2.75) is 31.3 Å². The van der Waals surface area contributed by atoms with Crippen molar-refractivity contribution in [2.24, 2.45) is 0 Å². The van der Waals surface area contributed by atoms with Gasteiger partial charge in [-0.15, -0.1) is 0 Å². The largest absolute Gasteiger partial charge is 0.490 e. The SMILES string of the molecule is Cc1ccc2c(c1)OC1CC2(C#N)C1. The smallest absolute Gasteiger partial charge is 0.124 e. The standard InChI is InChI=1S/C12H11NO/c1-8-2-3-10-11(4-8)14-9-5-12(10,6-9)7-13/h2-4,9H,5-6H2,1H3. The summed E-state index contributed by atoms with van der Waals surface area (Å²) in [6.07, 6.45) is 2.03. The highest BCUT2D eigenvalue weighted by Crippen LogP contribution is 2.53. The molecule has 0 saturated heterocycles. The second kappa shape index (κ2) is 2.30. The number of hydrogen-bond acceptors (Lipinski definition) is 2. The van der Waals surface area contributed by atoms with E-state index >= 15 is 0 Å². The fourth-order valence-corrected chi connectivity index (χ4v) is 2.47. The van der Waals surface area contributed by atoms with E-state index in [9.17, 15) is 5.26 Å². The second-order valence-corrected chi connectivity index (χ2v) is 4.34. The van der Waals surface area contributed by atoms with Gasteiger partial charge < -0.3 is 4.74 Å². The van der Waals surface area contributed by atoms with Gasteiger partial charge in [-0.3, -0.25) is 0 Å². The summed E-state index contributed by atoms with van der Waals surface area (Å²) in [4.78, 5) is 0. The quantitative estimate of drug-likeness (QED) is 0.621. The maximum absolute atomic E-state index is 9.20. The minimum atomic E-state index is -0.230. The van der Waals surface area contributed by atoms with Crippen LogP contribution < -0.4 is 4.74 Å². The molecular weight excluding hydrogens is 174 g/mol. The summed E-state index contributed by atoms with van der Waals surface area (Å²) in [5, 5.41) is 9.20. The molecule has 2 heteroatoms. The number of hydrogen-bond donors (Lipinski definition) is 0. The van der Waals surface area contributed by atoms with E-state index in [2.05, 4.69) is 12.1 Å². The van der Waals surface area contributed by atoms with Crippen LogP contribution in [-0.4, -0.2) is 6.10 Å². The highest BCUT2D eigenvalue weighted by Gasteiger charge is 2.52. The zero-order valence-corrected chi connectivity index (χ0v) is 8.08. The molecule has 1 aromatic rings. The molecule has 2 bridgehead atoms. The predicted molar refractivity (Wildman–Crippen MR) is 52.1 cm³/mol. The van der Waals surface area contributed by atoms with Crippen molar-refractivity contribution < 1.29 is 4.74 Å². The van der Waals surface area contributed by atoms with Gasteiger partial charge >= 0.3 is 0 Å². The van der Waals surface area contributed by atoms with Crippen LogP contribution in [0.3, 0.4) is 0 Å². The van der Waals surface area contributed by atoms with E-state index in [0.717, 1.165) is 24.2 Å². The van der Waals surface area contributed by atoms with Crippen LogP contribution in [0, 0.1) is 18.3 Å². The summed E-state index contributed by atoms with van der Waals surface area (Å²) in [7, 11) is 0. The lowest BCUT2D eigenvalue weighted by molar-refractivity contribution is 0.0357. The zero-order chi connectivity index (χ0) is 9.76. The predicted octanol–water partition coefficient (Wildman–Crippen LogP) is 2.31. The molecule has 0 radical (unpaired) electrons. The first-order valence-electron chi connectivity index (χ1n) is 4.93. The second-order valence-electron chi connectivity index (χ2n) is 4.34. The normalized spacial score (nSPS) is 32.1.